The van der Waals surface area contributed by atoms with Gasteiger partial charge in [-0.3, -0.25) is 9.59 Å². The summed E-state index contributed by atoms with van der Waals surface area (Å²) < 4.78 is 0. The zero-order chi connectivity index (χ0) is 19.7. The number of nitrogens with two attached hydrogens (primary N) is 1. The van der Waals surface area contributed by atoms with E-state index in [1.807, 2.05) is 11.8 Å². The molecule has 2 amide bonds. The average Bonchev–Trinajstić information content (AvgIpc) is 2.60. The monoisotopic (exact) mass is 361 g/mol. The van der Waals surface area contributed by atoms with Crippen LogP contribution in [0, 0.1) is 5.92 Å². The second-order valence-corrected chi connectivity index (χ2v) is 7.69. The van der Waals surface area contributed by atoms with Crippen molar-refractivity contribution in [3.05, 3.63) is 35.4 Å². The molecule has 0 aromatic heterocycles. The summed E-state index contributed by atoms with van der Waals surface area (Å²) in [6.45, 7) is 12.1. The molecule has 0 radical (unpaired) electrons. The number of hydrogen-bond donors (Lipinski definition) is 2. The Kier molecular flexibility index (Phi) is 8.79. The van der Waals surface area contributed by atoms with Crippen LogP contribution in [0.1, 0.15) is 74.6 Å². The van der Waals surface area contributed by atoms with Crippen molar-refractivity contribution < 1.29 is 9.59 Å². The lowest BCUT2D eigenvalue weighted by Crippen LogP contribution is -2.52. The van der Waals surface area contributed by atoms with E-state index < -0.39 is 5.54 Å². The summed E-state index contributed by atoms with van der Waals surface area (Å²) in [5, 5.41) is 3.05. The van der Waals surface area contributed by atoms with E-state index >= 15 is 0 Å². The van der Waals surface area contributed by atoms with Gasteiger partial charge in [-0.05, 0) is 50.3 Å². The maximum atomic E-state index is 12.8. The first-order chi connectivity index (χ1) is 12.3. The molecule has 1 aromatic rings. The summed E-state index contributed by atoms with van der Waals surface area (Å²) in [6, 6.07) is 6.96. The van der Waals surface area contributed by atoms with Gasteiger partial charge in [0.1, 0.15) is 0 Å². The molecule has 5 nitrogen and oxygen atoms in total. The van der Waals surface area contributed by atoms with Gasteiger partial charge in [-0.15, -0.1) is 0 Å². The van der Waals surface area contributed by atoms with Gasteiger partial charge in [0.2, 0.25) is 0 Å². The van der Waals surface area contributed by atoms with Crippen LogP contribution < -0.4 is 11.1 Å². The van der Waals surface area contributed by atoms with Crippen LogP contribution in [0.5, 0.6) is 0 Å². The minimum absolute atomic E-state index is 0.0212. The van der Waals surface area contributed by atoms with Crippen LogP contribution in [0.15, 0.2) is 24.3 Å². The standard InChI is InChI=1S/C21H35N3O2/c1-6-11-24(12-7-2)20(26)18-10-8-9-17(13-18)19(25)23-21(5,15-22)14-16(3)4/h8-10,13,16H,6-7,11-12,14-15,22H2,1-5H3,(H,23,25). The molecular weight excluding hydrogens is 326 g/mol. The number of carbonyl (C=O) groups excluding carboxylic acids is 2. The third-order valence-electron chi connectivity index (χ3n) is 4.37. The topological polar surface area (TPSA) is 75.4 Å². The normalized spacial score (nSPS) is 13.3. The summed E-state index contributed by atoms with van der Waals surface area (Å²) in [6.07, 6.45) is 2.63. The fourth-order valence-corrected chi connectivity index (χ4v) is 3.26. The summed E-state index contributed by atoms with van der Waals surface area (Å²) >= 11 is 0. The number of nitrogens with zero attached hydrogens (tertiary/aromatic N) is 1. The fraction of sp³-hybridized carbons (Fsp3) is 0.619. The summed E-state index contributed by atoms with van der Waals surface area (Å²) in [5.41, 5.74) is 6.48. The Morgan fingerprint density at radius 3 is 2.23 bits per heavy atom. The van der Waals surface area contributed by atoms with Crippen LogP contribution in [-0.4, -0.2) is 41.9 Å². The molecule has 1 unspecified atom stereocenters. The van der Waals surface area contributed by atoms with Gasteiger partial charge in [0.05, 0.1) is 0 Å². The van der Waals surface area contributed by atoms with Gasteiger partial charge in [-0.2, -0.15) is 0 Å². The molecular formula is C21H35N3O2. The lowest BCUT2D eigenvalue weighted by molar-refractivity contribution is 0.0755. The molecule has 0 fully saturated rings. The second-order valence-electron chi connectivity index (χ2n) is 7.69. The van der Waals surface area contributed by atoms with Gasteiger partial charge in [-0.25, -0.2) is 0 Å². The molecule has 0 saturated carbocycles. The Labute approximate surface area is 158 Å². The zero-order valence-corrected chi connectivity index (χ0v) is 17.0. The van der Waals surface area contributed by atoms with E-state index in [4.69, 9.17) is 5.73 Å². The summed E-state index contributed by atoms with van der Waals surface area (Å²) in [7, 11) is 0. The van der Waals surface area contributed by atoms with Gasteiger partial charge in [-0.1, -0.05) is 33.8 Å². The smallest absolute Gasteiger partial charge is 0.253 e. The first kappa shape index (κ1) is 22.2. The average molecular weight is 362 g/mol. The molecule has 0 spiro atoms. The summed E-state index contributed by atoms with van der Waals surface area (Å²) in [5.74, 6) is 0.214. The molecule has 0 aliphatic heterocycles. The van der Waals surface area contributed by atoms with E-state index in [1.54, 1.807) is 24.3 Å². The van der Waals surface area contributed by atoms with Gasteiger partial charge in [0.15, 0.2) is 0 Å². The van der Waals surface area contributed by atoms with Crippen LogP contribution in [0.25, 0.3) is 0 Å². The fourth-order valence-electron chi connectivity index (χ4n) is 3.26. The van der Waals surface area contributed by atoms with E-state index in [0.29, 0.717) is 23.6 Å². The van der Waals surface area contributed by atoms with Crippen LogP contribution in [0.2, 0.25) is 0 Å². The second kappa shape index (κ2) is 10.3. The lowest BCUT2D eigenvalue weighted by Gasteiger charge is -2.31. The Morgan fingerprint density at radius 1 is 1.15 bits per heavy atom. The number of benzene rings is 1. The third kappa shape index (κ3) is 6.45. The molecule has 146 valence electrons. The van der Waals surface area contributed by atoms with Crippen molar-refractivity contribution in [3.8, 4) is 0 Å². The van der Waals surface area contributed by atoms with Crippen molar-refractivity contribution in [2.24, 2.45) is 11.7 Å². The maximum Gasteiger partial charge on any atom is 0.253 e. The van der Waals surface area contributed by atoms with E-state index in [1.165, 1.54) is 0 Å². The van der Waals surface area contributed by atoms with E-state index in [0.717, 1.165) is 32.4 Å². The van der Waals surface area contributed by atoms with E-state index in [9.17, 15) is 9.59 Å². The van der Waals surface area contributed by atoms with E-state index in [2.05, 4.69) is 33.0 Å². The van der Waals surface area contributed by atoms with Crippen LogP contribution in [0.4, 0.5) is 0 Å². The van der Waals surface area contributed by atoms with Crippen molar-refractivity contribution in [1.82, 2.24) is 10.2 Å². The highest BCUT2D eigenvalue weighted by Gasteiger charge is 2.26. The largest absolute Gasteiger partial charge is 0.346 e. The predicted molar refractivity (Wildman–Crippen MR) is 107 cm³/mol. The first-order valence-electron chi connectivity index (χ1n) is 9.68. The van der Waals surface area contributed by atoms with Crippen molar-refractivity contribution in [2.75, 3.05) is 19.6 Å². The number of nitrogens with one attached hydrogen (secondary N) is 1. The minimum atomic E-state index is -0.457. The van der Waals surface area contributed by atoms with Crippen molar-refractivity contribution in [1.29, 1.82) is 0 Å². The molecule has 5 heteroatoms. The number of rotatable bonds is 10. The Hall–Kier alpha value is -1.88. The van der Waals surface area contributed by atoms with Gasteiger partial charge < -0.3 is 16.0 Å². The van der Waals surface area contributed by atoms with Crippen molar-refractivity contribution in [2.45, 2.75) is 59.4 Å². The molecule has 1 aromatic carbocycles. The molecule has 0 aliphatic carbocycles. The minimum Gasteiger partial charge on any atom is -0.346 e. The molecule has 0 saturated heterocycles. The Bertz CT molecular complexity index is 595. The molecule has 3 N–H and O–H groups in total. The maximum absolute atomic E-state index is 12.8. The zero-order valence-electron chi connectivity index (χ0n) is 17.0. The molecule has 0 bridgehead atoms. The Balaban J connectivity index is 2.97. The summed E-state index contributed by atoms with van der Waals surface area (Å²) in [4.78, 5) is 27.3. The molecule has 0 heterocycles. The van der Waals surface area contributed by atoms with E-state index in [-0.39, 0.29) is 11.8 Å². The molecule has 26 heavy (non-hydrogen) atoms. The predicted octanol–water partition coefficient (Wildman–Crippen LogP) is 3.44. The Morgan fingerprint density at radius 2 is 1.73 bits per heavy atom. The van der Waals surface area contributed by atoms with Crippen molar-refractivity contribution in [3.63, 3.8) is 0 Å². The molecule has 1 atom stereocenters. The van der Waals surface area contributed by atoms with Crippen LogP contribution >= 0.6 is 0 Å². The molecule has 0 aliphatic rings. The SMILES string of the molecule is CCCN(CCC)C(=O)c1cccc(C(=O)NC(C)(CN)CC(C)C)c1. The quantitative estimate of drug-likeness (QED) is 0.670. The van der Waals surface area contributed by atoms with Gasteiger partial charge >= 0.3 is 0 Å². The highest BCUT2D eigenvalue weighted by atomic mass is 16.2. The number of hydrogen-bond acceptors (Lipinski definition) is 3. The number of carbonyl (C=O) groups is 2. The lowest BCUT2D eigenvalue weighted by atomic mass is 9.90. The van der Waals surface area contributed by atoms with Crippen molar-refractivity contribution >= 4 is 11.8 Å². The highest BCUT2D eigenvalue weighted by molar-refractivity contribution is 5.99. The van der Waals surface area contributed by atoms with Crippen LogP contribution in [-0.2, 0) is 0 Å². The highest BCUT2D eigenvalue weighted by Crippen LogP contribution is 2.17. The van der Waals surface area contributed by atoms with Gasteiger partial charge in [0, 0.05) is 36.3 Å². The van der Waals surface area contributed by atoms with Gasteiger partial charge in [0.25, 0.3) is 11.8 Å². The van der Waals surface area contributed by atoms with Crippen LogP contribution in [0.3, 0.4) is 0 Å². The first-order valence-corrected chi connectivity index (χ1v) is 9.68. The molecule has 1 rings (SSSR count). The third-order valence-corrected chi connectivity index (χ3v) is 4.37. The number of amides is 2.